The van der Waals surface area contributed by atoms with E-state index in [4.69, 9.17) is 4.74 Å². The van der Waals surface area contributed by atoms with E-state index < -0.39 is 0 Å². The Balaban J connectivity index is 0.00000363. The summed E-state index contributed by atoms with van der Waals surface area (Å²) in [5, 5.41) is 9.33. The second-order valence-corrected chi connectivity index (χ2v) is 7.87. The SMILES string of the molecule is CN=C(NCCNC(=O)Cc1ccc(F)cc1)NCc1ccc(C)cc1OCC1CC1.I. The van der Waals surface area contributed by atoms with Crippen molar-refractivity contribution < 1.29 is 13.9 Å². The molecule has 0 radical (unpaired) electrons. The molecule has 2 aromatic rings. The highest BCUT2D eigenvalue weighted by molar-refractivity contribution is 14.0. The van der Waals surface area contributed by atoms with E-state index in [1.165, 1.54) is 30.5 Å². The van der Waals surface area contributed by atoms with Crippen molar-refractivity contribution in [1.82, 2.24) is 16.0 Å². The van der Waals surface area contributed by atoms with Crippen LogP contribution >= 0.6 is 24.0 Å². The fraction of sp³-hybridized carbons (Fsp3) is 0.417. The Labute approximate surface area is 206 Å². The van der Waals surface area contributed by atoms with E-state index in [0.717, 1.165) is 23.5 Å². The number of nitrogens with one attached hydrogen (secondary N) is 3. The van der Waals surface area contributed by atoms with Crippen LogP contribution in [0.2, 0.25) is 0 Å². The smallest absolute Gasteiger partial charge is 0.224 e. The molecule has 8 heteroatoms. The summed E-state index contributed by atoms with van der Waals surface area (Å²) in [6, 6.07) is 12.2. The van der Waals surface area contributed by atoms with Crippen molar-refractivity contribution in [3.8, 4) is 5.75 Å². The maximum atomic E-state index is 12.9. The van der Waals surface area contributed by atoms with E-state index in [0.29, 0.717) is 31.5 Å². The van der Waals surface area contributed by atoms with Gasteiger partial charge in [0.15, 0.2) is 5.96 Å². The number of aryl methyl sites for hydroxylation is 1. The quantitative estimate of drug-likeness (QED) is 0.182. The zero-order valence-electron chi connectivity index (χ0n) is 18.6. The molecule has 0 unspecified atom stereocenters. The number of hydrogen-bond acceptors (Lipinski definition) is 3. The minimum absolute atomic E-state index is 0. The lowest BCUT2D eigenvalue weighted by Crippen LogP contribution is -2.41. The maximum absolute atomic E-state index is 12.9. The molecule has 0 aromatic heterocycles. The monoisotopic (exact) mass is 554 g/mol. The number of benzene rings is 2. The summed E-state index contributed by atoms with van der Waals surface area (Å²) in [5.74, 6) is 1.87. The number of aliphatic imine (C=N–C) groups is 1. The molecule has 3 rings (SSSR count). The Morgan fingerprint density at radius 3 is 2.50 bits per heavy atom. The standard InChI is InChI=1S/C24H31FN4O2.HI/c1-17-3-8-20(22(13-17)31-16-19-4-5-19)15-29-24(26-2)28-12-11-27-23(30)14-18-6-9-21(25)10-7-18;/h3,6-10,13,19H,4-5,11-12,14-16H2,1-2H3,(H,27,30)(H2,26,28,29);1H. The lowest BCUT2D eigenvalue weighted by Gasteiger charge is -2.15. The zero-order chi connectivity index (χ0) is 22.1. The molecule has 0 heterocycles. The molecular weight excluding hydrogens is 522 g/mol. The molecule has 6 nitrogen and oxygen atoms in total. The lowest BCUT2D eigenvalue weighted by atomic mass is 10.1. The van der Waals surface area contributed by atoms with Gasteiger partial charge < -0.3 is 20.7 Å². The van der Waals surface area contributed by atoms with E-state index >= 15 is 0 Å². The van der Waals surface area contributed by atoms with Crippen molar-refractivity contribution in [1.29, 1.82) is 0 Å². The first kappa shape index (κ1) is 25.9. The van der Waals surface area contributed by atoms with Crippen LogP contribution in [0.3, 0.4) is 0 Å². The number of nitrogens with zero attached hydrogens (tertiary/aromatic N) is 1. The van der Waals surface area contributed by atoms with Crippen LogP contribution in [-0.2, 0) is 17.8 Å². The van der Waals surface area contributed by atoms with Gasteiger partial charge in [-0.1, -0.05) is 24.3 Å². The normalized spacial score (nSPS) is 13.2. The van der Waals surface area contributed by atoms with Gasteiger partial charge in [0.1, 0.15) is 11.6 Å². The summed E-state index contributed by atoms with van der Waals surface area (Å²) in [7, 11) is 1.71. The van der Waals surface area contributed by atoms with E-state index in [9.17, 15) is 9.18 Å². The van der Waals surface area contributed by atoms with Gasteiger partial charge in [-0.25, -0.2) is 4.39 Å². The van der Waals surface area contributed by atoms with Gasteiger partial charge in [0, 0.05) is 32.2 Å². The van der Waals surface area contributed by atoms with Crippen LogP contribution in [0.4, 0.5) is 4.39 Å². The first-order valence-corrected chi connectivity index (χ1v) is 10.7. The fourth-order valence-corrected chi connectivity index (χ4v) is 3.07. The van der Waals surface area contributed by atoms with Crippen molar-refractivity contribution in [3.63, 3.8) is 0 Å². The molecule has 0 bridgehead atoms. The van der Waals surface area contributed by atoms with Gasteiger partial charge in [0.2, 0.25) is 5.91 Å². The van der Waals surface area contributed by atoms with Crippen molar-refractivity contribution in [2.24, 2.45) is 10.9 Å². The summed E-state index contributed by atoms with van der Waals surface area (Å²) in [5.41, 5.74) is 3.04. The molecule has 1 amide bonds. The highest BCUT2D eigenvalue weighted by Crippen LogP contribution is 2.30. The third-order valence-electron chi connectivity index (χ3n) is 5.08. The number of ether oxygens (including phenoxy) is 1. The highest BCUT2D eigenvalue weighted by Gasteiger charge is 2.22. The van der Waals surface area contributed by atoms with Crippen LogP contribution in [0.15, 0.2) is 47.5 Å². The first-order chi connectivity index (χ1) is 15.0. The van der Waals surface area contributed by atoms with E-state index in [-0.39, 0.29) is 42.1 Å². The van der Waals surface area contributed by atoms with Crippen molar-refractivity contribution in [2.45, 2.75) is 32.7 Å². The molecule has 0 spiro atoms. The third-order valence-corrected chi connectivity index (χ3v) is 5.08. The van der Waals surface area contributed by atoms with Gasteiger partial charge in [-0.15, -0.1) is 24.0 Å². The van der Waals surface area contributed by atoms with Crippen molar-refractivity contribution in [2.75, 3.05) is 26.7 Å². The van der Waals surface area contributed by atoms with Crippen LogP contribution in [0.5, 0.6) is 5.75 Å². The minimum atomic E-state index is -0.306. The molecule has 3 N–H and O–H groups in total. The number of amides is 1. The fourth-order valence-electron chi connectivity index (χ4n) is 3.07. The van der Waals surface area contributed by atoms with Crippen LogP contribution in [0.25, 0.3) is 0 Å². The van der Waals surface area contributed by atoms with Gasteiger partial charge in [-0.05, 0) is 55.0 Å². The Kier molecular flexibility index (Phi) is 10.7. The van der Waals surface area contributed by atoms with Gasteiger partial charge in [-0.3, -0.25) is 9.79 Å². The number of rotatable bonds is 10. The molecule has 0 atom stereocenters. The van der Waals surface area contributed by atoms with E-state index in [2.05, 4.69) is 46.1 Å². The van der Waals surface area contributed by atoms with E-state index in [1.54, 1.807) is 19.2 Å². The highest BCUT2D eigenvalue weighted by atomic mass is 127. The summed E-state index contributed by atoms with van der Waals surface area (Å²) >= 11 is 0. The van der Waals surface area contributed by atoms with Crippen LogP contribution in [0, 0.1) is 18.7 Å². The molecule has 0 aliphatic heterocycles. The molecule has 32 heavy (non-hydrogen) atoms. The average Bonchev–Trinajstić information content (AvgIpc) is 3.59. The molecule has 1 saturated carbocycles. The Morgan fingerprint density at radius 2 is 1.81 bits per heavy atom. The Morgan fingerprint density at radius 1 is 1.09 bits per heavy atom. The third kappa shape index (κ3) is 9.02. The van der Waals surface area contributed by atoms with Gasteiger partial charge in [0.05, 0.1) is 13.0 Å². The molecule has 174 valence electrons. The Bertz CT molecular complexity index is 901. The molecule has 1 aliphatic rings. The summed E-state index contributed by atoms with van der Waals surface area (Å²) in [6.45, 7) is 4.43. The zero-order valence-corrected chi connectivity index (χ0v) is 20.9. The number of carbonyl (C=O) groups is 1. The number of hydrogen-bond donors (Lipinski definition) is 3. The summed E-state index contributed by atoms with van der Waals surface area (Å²) < 4.78 is 19.0. The van der Waals surface area contributed by atoms with Gasteiger partial charge in [-0.2, -0.15) is 0 Å². The number of halogens is 2. The topological polar surface area (TPSA) is 74.8 Å². The predicted octanol–water partition coefficient (Wildman–Crippen LogP) is 3.56. The second kappa shape index (κ2) is 13.2. The van der Waals surface area contributed by atoms with Gasteiger partial charge in [0.25, 0.3) is 0 Å². The van der Waals surface area contributed by atoms with Crippen LogP contribution in [0.1, 0.15) is 29.5 Å². The average molecular weight is 554 g/mol. The summed E-state index contributed by atoms with van der Waals surface area (Å²) in [6.07, 6.45) is 2.75. The summed E-state index contributed by atoms with van der Waals surface area (Å²) in [4.78, 5) is 16.2. The van der Waals surface area contributed by atoms with Gasteiger partial charge >= 0.3 is 0 Å². The lowest BCUT2D eigenvalue weighted by molar-refractivity contribution is -0.120. The van der Waals surface area contributed by atoms with Crippen molar-refractivity contribution >= 4 is 35.8 Å². The molecule has 1 fully saturated rings. The largest absolute Gasteiger partial charge is 0.493 e. The first-order valence-electron chi connectivity index (χ1n) is 10.7. The Hall–Kier alpha value is -2.36. The second-order valence-electron chi connectivity index (χ2n) is 7.87. The maximum Gasteiger partial charge on any atom is 0.224 e. The van der Waals surface area contributed by atoms with Crippen molar-refractivity contribution in [3.05, 3.63) is 65.0 Å². The molecule has 2 aromatic carbocycles. The van der Waals surface area contributed by atoms with E-state index in [1.807, 2.05) is 0 Å². The van der Waals surface area contributed by atoms with Crippen LogP contribution in [-0.4, -0.2) is 38.6 Å². The van der Waals surface area contributed by atoms with Crippen LogP contribution < -0.4 is 20.7 Å². The predicted molar refractivity (Wildman–Crippen MR) is 136 cm³/mol. The number of carbonyl (C=O) groups excluding carboxylic acids is 1. The minimum Gasteiger partial charge on any atom is -0.493 e. The molecular formula is C24H32FIN4O2. The molecule has 1 aliphatic carbocycles. The number of guanidine groups is 1. The molecule has 0 saturated heterocycles.